The van der Waals surface area contributed by atoms with Gasteiger partial charge in [-0.15, -0.1) is 0 Å². The zero-order chi connectivity index (χ0) is 13.0. The maximum absolute atomic E-state index is 11.5. The summed E-state index contributed by atoms with van der Waals surface area (Å²) in [7, 11) is 0. The number of hydrogen-bond acceptors (Lipinski definition) is 3. The van der Waals surface area contributed by atoms with Gasteiger partial charge in [-0.25, -0.2) is 0 Å². The maximum atomic E-state index is 11.5. The van der Waals surface area contributed by atoms with Gasteiger partial charge in [-0.3, -0.25) is 4.79 Å². The first-order chi connectivity index (χ1) is 7.10. The molecule has 3 heteroatoms. The molecule has 0 fully saturated rings. The summed E-state index contributed by atoms with van der Waals surface area (Å²) < 4.78 is 5.52. The van der Waals surface area contributed by atoms with Crippen LogP contribution in [0.5, 0.6) is 0 Å². The lowest BCUT2D eigenvalue weighted by Crippen LogP contribution is -2.40. The Hall–Kier alpha value is -0.570. The van der Waals surface area contributed by atoms with Gasteiger partial charge >= 0.3 is 5.97 Å². The van der Waals surface area contributed by atoms with Gasteiger partial charge in [0.25, 0.3) is 0 Å². The molecule has 0 radical (unpaired) electrons. The Labute approximate surface area is 99.2 Å². The number of carbonyl (C=O) groups excluding carboxylic acids is 1. The third-order valence-electron chi connectivity index (χ3n) is 2.77. The van der Waals surface area contributed by atoms with Gasteiger partial charge in [0.05, 0.1) is 13.0 Å². The highest BCUT2D eigenvalue weighted by Gasteiger charge is 2.36. The molecule has 16 heavy (non-hydrogen) atoms. The topological polar surface area (TPSA) is 46.5 Å². The number of aliphatic hydroxyl groups excluding tert-OH is 1. The summed E-state index contributed by atoms with van der Waals surface area (Å²) in [6, 6.07) is 0. The fourth-order valence-corrected chi connectivity index (χ4v) is 1.81. The first-order valence-corrected chi connectivity index (χ1v) is 5.93. The van der Waals surface area contributed by atoms with Crippen LogP contribution >= 0.6 is 0 Å². The molecule has 0 saturated heterocycles. The molecule has 0 spiro atoms. The summed E-state index contributed by atoms with van der Waals surface area (Å²) in [4.78, 5) is 11.5. The fraction of sp³-hybridized carbons (Fsp3) is 0.923. The van der Waals surface area contributed by atoms with E-state index in [1.807, 2.05) is 6.92 Å². The SMILES string of the molecule is CC(C)C(C)(CC(C)(C)C)OC(=O)CCO. The first-order valence-electron chi connectivity index (χ1n) is 5.93. The van der Waals surface area contributed by atoms with Crippen LogP contribution in [0.1, 0.15) is 54.4 Å². The Kier molecular flexibility index (Phi) is 5.47. The number of aliphatic hydroxyl groups is 1. The highest BCUT2D eigenvalue weighted by atomic mass is 16.6. The molecule has 0 bridgehead atoms. The summed E-state index contributed by atoms with van der Waals surface area (Å²) in [6.07, 6.45) is 0.890. The lowest BCUT2D eigenvalue weighted by molar-refractivity contribution is -0.167. The van der Waals surface area contributed by atoms with Crippen molar-refractivity contribution >= 4 is 5.97 Å². The Bertz CT molecular complexity index is 228. The van der Waals surface area contributed by atoms with Crippen LogP contribution in [0.2, 0.25) is 0 Å². The maximum Gasteiger partial charge on any atom is 0.308 e. The second-order valence-corrected chi connectivity index (χ2v) is 6.15. The number of rotatable bonds is 5. The molecule has 0 aromatic heterocycles. The van der Waals surface area contributed by atoms with Crippen LogP contribution in [0.3, 0.4) is 0 Å². The second-order valence-electron chi connectivity index (χ2n) is 6.15. The van der Waals surface area contributed by atoms with Gasteiger partial charge in [0.2, 0.25) is 0 Å². The van der Waals surface area contributed by atoms with Gasteiger partial charge in [0, 0.05) is 0 Å². The van der Waals surface area contributed by atoms with Crippen molar-refractivity contribution in [1.29, 1.82) is 0 Å². The van der Waals surface area contributed by atoms with Crippen LogP contribution in [0, 0.1) is 11.3 Å². The Morgan fingerprint density at radius 3 is 2.06 bits per heavy atom. The zero-order valence-corrected chi connectivity index (χ0v) is 11.5. The highest BCUT2D eigenvalue weighted by molar-refractivity contribution is 5.70. The van der Waals surface area contributed by atoms with Crippen molar-refractivity contribution in [2.75, 3.05) is 6.61 Å². The number of carbonyl (C=O) groups is 1. The first kappa shape index (κ1) is 15.4. The quantitative estimate of drug-likeness (QED) is 0.739. The minimum atomic E-state index is -0.454. The van der Waals surface area contributed by atoms with Crippen molar-refractivity contribution < 1.29 is 14.6 Å². The molecule has 0 amide bonds. The Morgan fingerprint density at radius 2 is 1.75 bits per heavy atom. The van der Waals surface area contributed by atoms with E-state index in [9.17, 15) is 4.79 Å². The van der Waals surface area contributed by atoms with Crippen molar-refractivity contribution in [1.82, 2.24) is 0 Å². The number of hydrogen-bond donors (Lipinski definition) is 1. The summed E-state index contributed by atoms with van der Waals surface area (Å²) in [5, 5.41) is 8.70. The van der Waals surface area contributed by atoms with E-state index in [0.29, 0.717) is 0 Å². The van der Waals surface area contributed by atoms with Crippen LogP contribution in [0.25, 0.3) is 0 Å². The minimum absolute atomic E-state index is 0.0758. The Morgan fingerprint density at radius 1 is 1.25 bits per heavy atom. The second kappa shape index (κ2) is 5.67. The van der Waals surface area contributed by atoms with Gasteiger partial charge < -0.3 is 9.84 Å². The lowest BCUT2D eigenvalue weighted by Gasteiger charge is -2.38. The van der Waals surface area contributed by atoms with E-state index in [2.05, 4.69) is 34.6 Å². The van der Waals surface area contributed by atoms with Crippen LogP contribution in [-0.2, 0) is 9.53 Å². The molecular weight excluding hydrogens is 204 g/mol. The van der Waals surface area contributed by atoms with Crippen LogP contribution in [0.4, 0.5) is 0 Å². The van der Waals surface area contributed by atoms with Gasteiger partial charge in [0.15, 0.2) is 0 Å². The zero-order valence-electron chi connectivity index (χ0n) is 11.5. The van der Waals surface area contributed by atoms with E-state index in [1.54, 1.807) is 0 Å². The molecule has 96 valence electrons. The molecule has 0 rings (SSSR count). The van der Waals surface area contributed by atoms with Gasteiger partial charge in [-0.05, 0) is 24.7 Å². The Balaban J connectivity index is 4.64. The molecule has 0 heterocycles. The fourth-order valence-electron chi connectivity index (χ4n) is 1.81. The standard InChI is InChI=1S/C13H26O3/c1-10(2)13(6,9-12(3,4)5)16-11(15)7-8-14/h10,14H,7-9H2,1-6H3. The molecule has 1 N–H and O–H groups in total. The van der Waals surface area contributed by atoms with Crippen molar-refractivity contribution in [3.05, 3.63) is 0 Å². The normalized spacial score (nSPS) is 16.0. The predicted molar refractivity (Wildman–Crippen MR) is 65.1 cm³/mol. The van der Waals surface area contributed by atoms with E-state index in [0.717, 1.165) is 6.42 Å². The molecule has 0 saturated carbocycles. The number of esters is 1. The number of ether oxygens (including phenoxy) is 1. The van der Waals surface area contributed by atoms with E-state index in [1.165, 1.54) is 0 Å². The van der Waals surface area contributed by atoms with Crippen molar-refractivity contribution in [2.45, 2.75) is 60.0 Å². The molecule has 1 unspecified atom stereocenters. The molecule has 0 aliphatic heterocycles. The summed E-state index contributed by atoms with van der Waals surface area (Å²) in [6.45, 7) is 12.3. The van der Waals surface area contributed by atoms with Crippen molar-refractivity contribution in [3.8, 4) is 0 Å². The highest BCUT2D eigenvalue weighted by Crippen LogP contribution is 2.35. The van der Waals surface area contributed by atoms with E-state index < -0.39 is 5.60 Å². The van der Waals surface area contributed by atoms with Crippen molar-refractivity contribution in [2.24, 2.45) is 11.3 Å². The van der Waals surface area contributed by atoms with E-state index in [-0.39, 0.29) is 30.3 Å². The van der Waals surface area contributed by atoms with Gasteiger partial charge in [-0.1, -0.05) is 34.6 Å². The third-order valence-corrected chi connectivity index (χ3v) is 2.77. The van der Waals surface area contributed by atoms with Crippen LogP contribution in [0.15, 0.2) is 0 Å². The average Bonchev–Trinajstić information content (AvgIpc) is 1.99. The average molecular weight is 230 g/mol. The molecule has 3 nitrogen and oxygen atoms in total. The molecule has 0 aliphatic rings. The van der Waals surface area contributed by atoms with Crippen LogP contribution < -0.4 is 0 Å². The van der Waals surface area contributed by atoms with Gasteiger partial charge in [-0.2, -0.15) is 0 Å². The smallest absolute Gasteiger partial charge is 0.308 e. The molecular formula is C13H26O3. The van der Waals surface area contributed by atoms with Crippen LogP contribution in [-0.4, -0.2) is 23.3 Å². The summed E-state index contributed by atoms with van der Waals surface area (Å²) >= 11 is 0. The largest absolute Gasteiger partial charge is 0.459 e. The molecule has 0 aromatic carbocycles. The molecule has 0 aliphatic carbocycles. The third kappa shape index (κ3) is 5.50. The molecule has 0 aromatic rings. The predicted octanol–water partition coefficient (Wildman–Crippen LogP) is 2.76. The monoisotopic (exact) mass is 230 g/mol. The molecule has 1 atom stereocenters. The van der Waals surface area contributed by atoms with Gasteiger partial charge in [0.1, 0.15) is 5.60 Å². The lowest BCUT2D eigenvalue weighted by atomic mass is 9.77. The minimum Gasteiger partial charge on any atom is -0.459 e. The van der Waals surface area contributed by atoms with Crippen molar-refractivity contribution in [3.63, 3.8) is 0 Å². The summed E-state index contributed by atoms with van der Waals surface area (Å²) in [5.41, 5.74) is -0.344. The summed E-state index contributed by atoms with van der Waals surface area (Å²) in [5.74, 6) is -0.0580. The van der Waals surface area contributed by atoms with E-state index in [4.69, 9.17) is 9.84 Å². The van der Waals surface area contributed by atoms with E-state index >= 15 is 0 Å².